The van der Waals surface area contributed by atoms with Gasteiger partial charge in [-0.1, -0.05) is 50.3 Å². The Balaban J connectivity index is 2.52. The maximum Gasteiger partial charge on any atom is 0.104 e. The summed E-state index contributed by atoms with van der Waals surface area (Å²) in [6, 6.07) is 12.8. The lowest BCUT2D eigenvalue weighted by molar-refractivity contribution is 0.672. The number of anilines is 1. The molecule has 0 radical (unpaired) electrons. The molecule has 0 heterocycles. The first-order valence-electron chi connectivity index (χ1n) is 6.75. The third kappa shape index (κ3) is 2.87. The lowest BCUT2D eigenvalue weighted by Crippen LogP contribution is -2.17. The highest BCUT2D eigenvalue weighted by Crippen LogP contribution is 2.27. The number of benzene rings is 2. The normalized spacial score (nSPS) is 10.9. The average molecular weight is 272 g/mol. The van der Waals surface area contributed by atoms with Crippen molar-refractivity contribution in [3.8, 4) is 0 Å². The van der Waals surface area contributed by atoms with E-state index < -0.39 is 0 Å². The van der Waals surface area contributed by atoms with Gasteiger partial charge >= 0.3 is 0 Å². The molecule has 2 aromatic rings. The smallest absolute Gasteiger partial charge is 0.104 e. The van der Waals surface area contributed by atoms with E-state index in [0.29, 0.717) is 11.0 Å². The summed E-state index contributed by atoms with van der Waals surface area (Å²) >= 11 is 5.12. The zero-order valence-electron chi connectivity index (χ0n) is 11.4. The van der Waals surface area contributed by atoms with E-state index in [1.807, 2.05) is 18.2 Å². The van der Waals surface area contributed by atoms with Gasteiger partial charge < -0.3 is 11.1 Å². The number of hydrogen-bond acceptors (Lipinski definition) is 2. The van der Waals surface area contributed by atoms with Crippen LogP contribution in [0.1, 0.15) is 32.3 Å². The second kappa shape index (κ2) is 6.02. The van der Waals surface area contributed by atoms with Crippen molar-refractivity contribution >= 4 is 33.7 Å². The molecule has 2 rings (SSSR count). The van der Waals surface area contributed by atoms with E-state index in [1.54, 1.807) is 0 Å². The molecule has 0 spiro atoms. The first-order valence-corrected chi connectivity index (χ1v) is 7.16. The van der Waals surface area contributed by atoms with Gasteiger partial charge in [-0.05, 0) is 30.4 Å². The quantitative estimate of drug-likeness (QED) is 0.806. The SMILES string of the molecule is CCC(CC)Nc1ccc(C(N)=S)c2ccccc12. The van der Waals surface area contributed by atoms with Crippen LogP contribution in [-0.4, -0.2) is 11.0 Å². The van der Waals surface area contributed by atoms with E-state index in [-0.39, 0.29) is 0 Å². The fourth-order valence-corrected chi connectivity index (χ4v) is 2.53. The van der Waals surface area contributed by atoms with Gasteiger partial charge in [-0.2, -0.15) is 0 Å². The molecular formula is C16H20N2S. The molecule has 0 aliphatic heterocycles. The highest BCUT2D eigenvalue weighted by Gasteiger charge is 2.09. The van der Waals surface area contributed by atoms with E-state index in [2.05, 4.69) is 37.4 Å². The fourth-order valence-electron chi connectivity index (χ4n) is 2.35. The summed E-state index contributed by atoms with van der Waals surface area (Å²) < 4.78 is 0. The van der Waals surface area contributed by atoms with Gasteiger partial charge in [-0.15, -0.1) is 0 Å². The third-order valence-corrected chi connectivity index (χ3v) is 3.75. The molecule has 0 unspecified atom stereocenters. The topological polar surface area (TPSA) is 38.0 Å². The Labute approximate surface area is 120 Å². The lowest BCUT2D eigenvalue weighted by atomic mass is 10.0. The van der Waals surface area contributed by atoms with E-state index >= 15 is 0 Å². The maximum atomic E-state index is 5.79. The van der Waals surface area contributed by atoms with E-state index in [4.69, 9.17) is 18.0 Å². The molecule has 0 saturated heterocycles. The van der Waals surface area contributed by atoms with Crippen molar-refractivity contribution in [3.05, 3.63) is 42.0 Å². The van der Waals surface area contributed by atoms with Crippen molar-refractivity contribution < 1.29 is 0 Å². The van der Waals surface area contributed by atoms with E-state index in [0.717, 1.165) is 29.5 Å². The zero-order valence-corrected chi connectivity index (χ0v) is 12.3. The highest BCUT2D eigenvalue weighted by atomic mass is 32.1. The Bertz CT molecular complexity index is 588. The van der Waals surface area contributed by atoms with Gasteiger partial charge in [0, 0.05) is 22.7 Å². The van der Waals surface area contributed by atoms with Crippen molar-refractivity contribution in [1.82, 2.24) is 0 Å². The maximum absolute atomic E-state index is 5.79. The number of fused-ring (bicyclic) bond motifs is 1. The molecule has 0 atom stereocenters. The standard InChI is InChI=1S/C16H20N2S/c1-3-11(4-2)18-15-10-9-14(16(17)19)12-7-5-6-8-13(12)15/h5-11,18H,3-4H2,1-2H3,(H2,17,19). The van der Waals surface area contributed by atoms with Crippen molar-refractivity contribution in [3.63, 3.8) is 0 Å². The summed E-state index contributed by atoms with van der Waals surface area (Å²) in [5.41, 5.74) is 7.90. The third-order valence-electron chi connectivity index (χ3n) is 3.53. The molecule has 0 aliphatic carbocycles. The van der Waals surface area contributed by atoms with Gasteiger partial charge in [0.1, 0.15) is 4.99 Å². The van der Waals surface area contributed by atoms with Crippen LogP contribution in [-0.2, 0) is 0 Å². The Morgan fingerprint density at radius 1 is 1.11 bits per heavy atom. The van der Waals surface area contributed by atoms with Crippen LogP contribution in [0.5, 0.6) is 0 Å². The average Bonchev–Trinajstić information content (AvgIpc) is 2.44. The second-order valence-electron chi connectivity index (χ2n) is 4.73. The first kappa shape index (κ1) is 13.8. The van der Waals surface area contributed by atoms with Crippen LogP contribution in [0.3, 0.4) is 0 Å². The van der Waals surface area contributed by atoms with Gasteiger partial charge in [0.15, 0.2) is 0 Å². The Kier molecular flexibility index (Phi) is 4.38. The monoisotopic (exact) mass is 272 g/mol. The summed E-state index contributed by atoms with van der Waals surface area (Å²) in [5, 5.41) is 5.90. The van der Waals surface area contributed by atoms with Crippen molar-refractivity contribution in [2.24, 2.45) is 5.73 Å². The van der Waals surface area contributed by atoms with Gasteiger partial charge in [0.25, 0.3) is 0 Å². The molecular weight excluding hydrogens is 252 g/mol. The van der Waals surface area contributed by atoms with Crippen LogP contribution >= 0.6 is 12.2 Å². The van der Waals surface area contributed by atoms with Crippen molar-refractivity contribution in [2.75, 3.05) is 5.32 Å². The molecule has 2 aromatic carbocycles. The van der Waals surface area contributed by atoms with Crippen molar-refractivity contribution in [1.29, 1.82) is 0 Å². The first-order chi connectivity index (χ1) is 9.17. The zero-order chi connectivity index (χ0) is 13.8. The van der Waals surface area contributed by atoms with Crippen LogP contribution in [0.15, 0.2) is 36.4 Å². The minimum atomic E-state index is 0.449. The van der Waals surface area contributed by atoms with Crippen molar-refractivity contribution in [2.45, 2.75) is 32.7 Å². The summed E-state index contributed by atoms with van der Waals surface area (Å²) in [4.78, 5) is 0.449. The van der Waals surface area contributed by atoms with Gasteiger partial charge in [-0.25, -0.2) is 0 Å². The predicted molar refractivity (Wildman–Crippen MR) is 87.8 cm³/mol. The minimum absolute atomic E-state index is 0.449. The number of rotatable bonds is 5. The summed E-state index contributed by atoms with van der Waals surface area (Å²) in [6.07, 6.45) is 2.23. The van der Waals surface area contributed by atoms with Crippen LogP contribution in [0.2, 0.25) is 0 Å². The highest BCUT2D eigenvalue weighted by molar-refractivity contribution is 7.80. The molecule has 2 nitrogen and oxygen atoms in total. The molecule has 0 saturated carbocycles. The molecule has 0 aliphatic rings. The predicted octanol–water partition coefficient (Wildman–Crippen LogP) is 4.07. The molecule has 19 heavy (non-hydrogen) atoms. The van der Waals surface area contributed by atoms with Crippen LogP contribution in [0.4, 0.5) is 5.69 Å². The van der Waals surface area contributed by atoms with Gasteiger partial charge in [0.05, 0.1) is 0 Å². The van der Waals surface area contributed by atoms with Gasteiger partial charge in [-0.3, -0.25) is 0 Å². The van der Waals surface area contributed by atoms with Crippen LogP contribution in [0, 0.1) is 0 Å². The van der Waals surface area contributed by atoms with E-state index in [1.165, 1.54) is 5.39 Å². The Morgan fingerprint density at radius 2 is 1.74 bits per heavy atom. The number of hydrogen-bond donors (Lipinski definition) is 2. The number of nitrogens with two attached hydrogens (primary N) is 1. The molecule has 0 amide bonds. The molecule has 0 aromatic heterocycles. The largest absolute Gasteiger partial charge is 0.389 e. The molecule has 0 fully saturated rings. The van der Waals surface area contributed by atoms with Gasteiger partial charge in [0.2, 0.25) is 0 Å². The van der Waals surface area contributed by atoms with Crippen LogP contribution < -0.4 is 11.1 Å². The number of nitrogens with one attached hydrogen (secondary N) is 1. The fraction of sp³-hybridized carbons (Fsp3) is 0.312. The van der Waals surface area contributed by atoms with Crippen LogP contribution in [0.25, 0.3) is 10.8 Å². The molecule has 3 heteroatoms. The van der Waals surface area contributed by atoms with E-state index in [9.17, 15) is 0 Å². The number of thiocarbonyl (C=S) groups is 1. The lowest BCUT2D eigenvalue weighted by Gasteiger charge is -2.19. The summed E-state index contributed by atoms with van der Waals surface area (Å²) in [6.45, 7) is 4.40. The molecule has 100 valence electrons. The Hall–Kier alpha value is -1.61. The Morgan fingerprint density at radius 3 is 2.32 bits per heavy atom. The summed E-state index contributed by atoms with van der Waals surface area (Å²) in [7, 11) is 0. The molecule has 0 bridgehead atoms. The molecule has 3 N–H and O–H groups in total. The second-order valence-corrected chi connectivity index (χ2v) is 5.17. The minimum Gasteiger partial charge on any atom is -0.389 e. The summed E-state index contributed by atoms with van der Waals surface area (Å²) in [5.74, 6) is 0.